The van der Waals surface area contributed by atoms with Crippen molar-refractivity contribution in [3.63, 3.8) is 0 Å². The van der Waals surface area contributed by atoms with Gasteiger partial charge in [-0.1, -0.05) is 6.07 Å². The van der Waals surface area contributed by atoms with Gasteiger partial charge in [0.25, 0.3) is 5.91 Å². The summed E-state index contributed by atoms with van der Waals surface area (Å²) in [6, 6.07) is 12.0. The van der Waals surface area contributed by atoms with E-state index in [2.05, 4.69) is 5.32 Å². The molecule has 1 heterocycles. The van der Waals surface area contributed by atoms with Crippen molar-refractivity contribution < 1.29 is 28.5 Å². The smallest absolute Gasteiger partial charge is 0.338 e. The molecule has 1 aliphatic rings. The number of hydrogen-bond donors (Lipinski definition) is 1. The Morgan fingerprint density at radius 3 is 2.46 bits per heavy atom. The van der Waals surface area contributed by atoms with Crippen molar-refractivity contribution in [3.8, 4) is 17.2 Å². The number of carbonyl (C=O) groups excluding carboxylic acids is 2. The second-order valence-electron chi connectivity index (χ2n) is 6.64. The molecule has 1 atom stereocenters. The molecule has 0 saturated heterocycles. The van der Waals surface area contributed by atoms with Crippen molar-refractivity contribution in [2.45, 2.75) is 39.5 Å². The minimum Gasteiger partial charge on any atom is -0.491 e. The number of carbonyl (C=O) groups is 2. The Balaban J connectivity index is 1.50. The number of ether oxygens (including phenoxy) is 4. The maximum absolute atomic E-state index is 12.2. The van der Waals surface area contributed by atoms with Crippen LogP contribution in [0.2, 0.25) is 0 Å². The van der Waals surface area contributed by atoms with E-state index in [1.807, 2.05) is 19.9 Å². The van der Waals surface area contributed by atoms with Crippen LogP contribution < -0.4 is 19.5 Å². The standard InChI is InChI=1S/C21H23NO6/c1-13(2)27-17-7-5-16(6-8-17)21(24)28-14(3)20(23)22-11-15-4-9-18-19(10-15)26-12-25-18/h4-10,13-14H,11-12H2,1-3H3,(H,22,23). The highest BCUT2D eigenvalue weighted by atomic mass is 16.7. The monoisotopic (exact) mass is 385 g/mol. The van der Waals surface area contributed by atoms with Gasteiger partial charge in [-0.25, -0.2) is 4.79 Å². The van der Waals surface area contributed by atoms with Gasteiger partial charge in [-0.05, 0) is 62.7 Å². The van der Waals surface area contributed by atoms with Crippen LogP contribution in [0.25, 0.3) is 0 Å². The molecule has 2 aromatic carbocycles. The average Bonchev–Trinajstić information content (AvgIpc) is 3.13. The molecule has 0 fully saturated rings. The highest BCUT2D eigenvalue weighted by Gasteiger charge is 2.19. The summed E-state index contributed by atoms with van der Waals surface area (Å²) in [6.45, 7) is 5.86. The third kappa shape index (κ3) is 4.94. The average molecular weight is 385 g/mol. The Morgan fingerprint density at radius 2 is 1.75 bits per heavy atom. The fourth-order valence-corrected chi connectivity index (χ4v) is 2.61. The summed E-state index contributed by atoms with van der Waals surface area (Å²) in [5.41, 5.74) is 1.21. The third-order valence-corrected chi connectivity index (χ3v) is 4.02. The summed E-state index contributed by atoms with van der Waals surface area (Å²) in [5.74, 6) is 1.05. The van der Waals surface area contributed by atoms with E-state index >= 15 is 0 Å². The van der Waals surface area contributed by atoms with Crippen LogP contribution in [0.4, 0.5) is 0 Å². The van der Waals surface area contributed by atoms with Crippen LogP contribution in [0, 0.1) is 0 Å². The molecule has 1 aliphatic heterocycles. The number of fused-ring (bicyclic) bond motifs is 1. The van der Waals surface area contributed by atoms with Crippen molar-refractivity contribution >= 4 is 11.9 Å². The third-order valence-electron chi connectivity index (χ3n) is 4.02. The van der Waals surface area contributed by atoms with Crippen LogP contribution in [0.15, 0.2) is 42.5 Å². The topological polar surface area (TPSA) is 83.1 Å². The molecule has 148 valence electrons. The molecular weight excluding hydrogens is 362 g/mol. The molecule has 2 aromatic rings. The largest absolute Gasteiger partial charge is 0.491 e. The Hall–Kier alpha value is -3.22. The fourth-order valence-electron chi connectivity index (χ4n) is 2.61. The lowest BCUT2D eigenvalue weighted by atomic mass is 10.2. The Labute approximate surface area is 163 Å². The first-order valence-corrected chi connectivity index (χ1v) is 9.06. The van der Waals surface area contributed by atoms with Crippen LogP contribution in [0.3, 0.4) is 0 Å². The number of benzene rings is 2. The Kier molecular flexibility index (Phi) is 6.03. The Bertz CT molecular complexity index is 846. The van der Waals surface area contributed by atoms with E-state index in [1.165, 1.54) is 6.92 Å². The predicted molar refractivity (Wildman–Crippen MR) is 101 cm³/mol. The van der Waals surface area contributed by atoms with Gasteiger partial charge >= 0.3 is 5.97 Å². The number of amides is 1. The van der Waals surface area contributed by atoms with E-state index in [0.717, 1.165) is 5.56 Å². The van der Waals surface area contributed by atoms with Crippen LogP contribution >= 0.6 is 0 Å². The van der Waals surface area contributed by atoms with Gasteiger partial charge in [0, 0.05) is 6.54 Å². The van der Waals surface area contributed by atoms with E-state index in [4.69, 9.17) is 18.9 Å². The summed E-state index contributed by atoms with van der Waals surface area (Å²) in [4.78, 5) is 24.4. The van der Waals surface area contributed by atoms with E-state index in [-0.39, 0.29) is 18.8 Å². The van der Waals surface area contributed by atoms with E-state index in [9.17, 15) is 9.59 Å². The van der Waals surface area contributed by atoms with E-state index in [1.54, 1.807) is 36.4 Å². The molecule has 7 nitrogen and oxygen atoms in total. The van der Waals surface area contributed by atoms with Gasteiger partial charge in [0.05, 0.1) is 11.7 Å². The van der Waals surface area contributed by atoms with Gasteiger partial charge in [-0.15, -0.1) is 0 Å². The molecule has 0 spiro atoms. The molecule has 3 rings (SSSR count). The van der Waals surface area contributed by atoms with Crippen molar-refractivity contribution in [1.82, 2.24) is 5.32 Å². The fraction of sp³-hybridized carbons (Fsp3) is 0.333. The van der Waals surface area contributed by atoms with Gasteiger partial charge in [-0.2, -0.15) is 0 Å². The zero-order valence-electron chi connectivity index (χ0n) is 16.1. The lowest BCUT2D eigenvalue weighted by Gasteiger charge is -2.14. The van der Waals surface area contributed by atoms with Crippen molar-refractivity contribution in [2.24, 2.45) is 0 Å². The molecule has 0 bridgehead atoms. The van der Waals surface area contributed by atoms with Gasteiger partial charge in [-0.3, -0.25) is 4.79 Å². The summed E-state index contributed by atoms with van der Waals surface area (Å²) >= 11 is 0. The highest BCUT2D eigenvalue weighted by molar-refractivity contribution is 5.92. The molecule has 1 N–H and O–H groups in total. The predicted octanol–water partition coefficient (Wildman–Crippen LogP) is 3.06. The molecule has 7 heteroatoms. The van der Waals surface area contributed by atoms with Crippen LogP contribution in [-0.2, 0) is 16.1 Å². The lowest BCUT2D eigenvalue weighted by Crippen LogP contribution is -2.35. The molecule has 28 heavy (non-hydrogen) atoms. The molecule has 0 aliphatic carbocycles. The SMILES string of the molecule is CC(C)Oc1ccc(C(=O)OC(C)C(=O)NCc2ccc3c(c2)OCO3)cc1. The molecular formula is C21H23NO6. The van der Waals surface area contributed by atoms with E-state index < -0.39 is 12.1 Å². The van der Waals surface area contributed by atoms with Gasteiger partial charge in [0.15, 0.2) is 17.6 Å². The number of nitrogens with one attached hydrogen (secondary N) is 1. The molecule has 1 amide bonds. The zero-order valence-corrected chi connectivity index (χ0v) is 16.1. The molecule has 0 radical (unpaired) electrons. The van der Waals surface area contributed by atoms with Crippen molar-refractivity contribution in [2.75, 3.05) is 6.79 Å². The van der Waals surface area contributed by atoms with Crippen LogP contribution in [0.5, 0.6) is 17.2 Å². The van der Waals surface area contributed by atoms with Gasteiger partial charge in [0.2, 0.25) is 6.79 Å². The first kappa shape index (κ1) is 19.5. The quantitative estimate of drug-likeness (QED) is 0.738. The van der Waals surface area contributed by atoms with Gasteiger partial charge in [0.1, 0.15) is 5.75 Å². The number of esters is 1. The molecule has 0 saturated carbocycles. The van der Waals surface area contributed by atoms with Gasteiger partial charge < -0.3 is 24.3 Å². The first-order valence-electron chi connectivity index (χ1n) is 9.06. The number of rotatable bonds is 7. The van der Waals surface area contributed by atoms with Crippen molar-refractivity contribution in [3.05, 3.63) is 53.6 Å². The second kappa shape index (κ2) is 8.65. The number of hydrogen-bond acceptors (Lipinski definition) is 6. The van der Waals surface area contributed by atoms with E-state index in [0.29, 0.717) is 29.4 Å². The maximum Gasteiger partial charge on any atom is 0.338 e. The zero-order chi connectivity index (χ0) is 20.1. The summed E-state index contributed by atoms with van der Waals surface area (Å²) in [5, 5.41) is 2.74. The second-order valence-corrected chi connectivity index (χ2v) is 6.64. The minimum absolute atomic E-state index is 0.0475. The highest BCUT2D eigenvalue weighted by Crippen LogP contribution is 2.32. The summed E-state index contributed by atoms with van der Waals surface area (Å²) in [6.07, 6.45) is -0.876. The normalized spacial score (nSPS) is 13.1. The van der Waals surface area contributed by atoms with Crippen LogP contribution in [-0.4, -0.2) is 30.9 Å². The first-order chi connectivity index (χ1) is 13.4. The molecule has 1 unspecified atom stereocenters. The minimum atomic E-state index is -0.923. The summed E-state index contributed by atoms with van der Waals surface area (Å²) < 4.78 is 21.3. The lowest BCUT2D eigenvalue weighted by molar-refractivity contribution is -0.129. The summed E-state index contributed by atoms with van der Waals surface area (Å²) in [7, 11) is 0. The van der Waals surface area contributed by atoms with Crippen molar-refractivity contribution in [1.29, 1.82) is 0 Å². The maximum atomic E-state index is 12.2. The van der Waals surface area contributed by atoms with Crippen LogP contribution in [0.1, 0.15) is 36.7 Å². The molecule has 0 aromatic heterocycles. The Morgan fingerprint density at radius 1 is 1.04 bits per heavy atom.